The number of rotatable bonds is 2. The summed E-state index contributed by atoms with van der Waals surface area (Å²) in [5.74, 6) is 0. The Morgan fingerprint density at radius 3 is 2.67 bits per heavy atom. The van der Waals surface area contributed by atoms with Crippen LogP contribution in [0.15, 0.2) is 6.20 Å². The molecule has 2 rings (SSSR count). The Kier molecular flexibility index (Phi) is 4.07. The van der Waals surface area contributed by atoms with Crippen LogP contribution in [0.3, 0.4) is 0 Å². The second-order valence-corrected chi connectivity index (χ2v) is 5.78. The van der Waals surface area contributed by atoms with Crippen molar-refractivity contribution in [2.45, 2.75) is 58.2 Å². The van der Waals surface area contributed by atoms with Gasteiger partial charge in [0.2, 0.25) is 0 Å². The highest BCUT2D eigenvalue weighted by atomic mass is 15.3. The molecule has 2 atom stereocenters. The lowest BCUT2D eigenvalue weighted by atomic mass is 9.96. The van der Waals surface area contributed by atoms with E-state index in [4.69, 9.17) is 5.73 Å². The highest BCUT2D eigenvalue weighted by Gasteiger charge is 2.32. The Bertz CT molecular complexity index is 396. The van der Waals surface area contributed by atoms with Crippen LogP contribution in [0, 0.1) is 6.92 Å². The Hall–Kier alpha value is -0.870. The Balaban J connectivity index is 2.37. The summed E-state index contributed by atoms with van der Waals surface area (Å²) in [4.78, 5) is 2.54. The van der Waals surface area contributed by atoms with Gasteiger partial charge in [-0.25, -0.2) is 0 Å². The summed E-state index contributed by atoms with van der Waals surface area (Å²) in [5, 5.41) is 4.48. The first-order chi connectivity index (χ1) is 8.50. The van der Waals surface area contributed by atoms with Gasteiger partial charge in [0, 0.05) is 30.9 Å². The minimum absolute atomic E-state index is 0.220. The molecule has 1 aliphatic heterocycles. The standard InChI is InChI=1S/C14H26N4/c1-10(2)18-8-6-5-7-13(15)14(18)12-9-17(4)16-11(12)3/h9-10,13-14H,5-8,15H2,1-4H3. The van der Waals surface area contributed by atoms with E-state index in [0.717, 1.165) is 18.7 Å². The molecular formula is C14H26N4. The van der Waals surface area contributed by atoms with Crippen LogP contribution in [0.1, 0.15) is 50.4 Å². The van der Waals surface area contributed by atoms with E-state index in [9.17, 15) is 0 Å². The van der Waals surface area contributed by atoms with Gasteiger partial charge in [0.1, 0.15) is 0 Å². The summed E-state index contributed by atoms with van der Waals surface area (Å²) in [6.45, 7) is 7.75. The molecule has 0 bridgehead atoms. The van der Waals surface area contributed by atoms with E-state index in [0.29, 0.717) is 12.1 Å². The summed E-state index contributed by atoms with van der Waals surface area (Å²) in [5.41, 5.74) is 8.86. The van der Waals surface area contributed by atoms with Gasteiger partial charge in [0.15, 0.2) is 0 Å². The molecule has 0 spiro atoms. The largest absolute Gasteiger partial charge is 0.326 e. The predicted molar refractivity (Wildman–Crippen MR) is 74.4 cm³/mol. The van der Waals surface area contributed by atoms with Crippen molar-refractivity contribution in [3.8, 4) is 0 Å². The fraction of sp³-hybridized carbons (Fsp3) is 0.786. The maximum Gasteiger partial charge on any atom is 0.0642 e. The first-order valence-corrected chi connectivity index (χ1v) is 7.02. The number of hydrogen-bond acceptors (Lipinski definition) is 3. The second-order valence-electron chi connectivity index (χ2n) is 5.78. The number of likely N-dealkylation sites (tertiary alicyclic amines) is 1. The third-order valence-electron chi connectivity index (χ3n) is 4.00. The number of aromatic nitrogens is 2. The van der Waals surface area contributed by atoms with Crippen molar-refractivity contribution in [3.63, 3.8) is 0 Å². The first kappa shape index (κ1) is 13.6. The molecule has 1 saturated heterocycles. The van der Waals surface area contributed by atoms with E-state index in [1.165, 1.54) is 18.4 Å². The van der Waals surface area contributed by atoms with Gasteiger partial charge in [0.25, 0.3) is 0 Å². The third kappa shape index (κ3) is 2.59. The molecule has 0 saturated carbocycles. The van der Waals surface area contributed by atoms with Crippen molar-refractivity contribution in [1.29, 1.82) is 0 Å². The summed E-state index contributed by atoms with van der Waals surface area (Å²) < 4.78 is 1.90. The van der Waals surface area contributed by atoms with Gasteiger partial charge in [-0.1, -0.05) is 6.42 Å². The minimum Gasteiger partial charge on any atom is -0.326 e. The van der Waals surface area contributed by atoms with E-state index in [1.807, 2.05) is 11.7 Å². The Morgan fingerprint density at radius 1 is 1.39 bits per heavy atom. The lowest BCUT2D eigenvalue weighted by Crippen LogP contribution is -2.43. The fourth-order valence-electron chi connectivity index (χ4n) is 3.11. The third-order valence-corrected chi connectivity index (χ3v) is 4.00. The molecule has 0 aromatic carbocycles. The normalized spacial score (nSPS) is 26.6. The SMILES string of the molecule is Cc1nn(C)cc1C1C(N)CCCCN1C(C)C. The molecule has 1 aliphatic rings. The monoisotopic (exact) mass is 250 g/mol. The molecule has 1 aromatic rings. The molecule has 1 aromatic heterocycles. The molecule has 4 nitrogen and oxygen atoms in total. The van der Waals surface area contributed by atoms with Crippen molar-refractivity contribution in [1.82, 2.24) is 14.7 Å². The average molecular weight is 250 g/mol. The first-order valence-electron chi connectivity index (χ1n) is 7.02. The summed E-state index contributed by atoms with van der Waals surface area (Å²) in [6, 6.07) is 1.07. The lowest BCUT2D eigenvalue weighted by Gasteiger charge is -2.36. The van der Waals surface area contributed by atoms with Crippen molar-refractivity contribution >= 4 is 0 Å². The van der Waals surface area contributed by atoms with Crippen molar-refractivity contribution in [3.05, 3.63) is 17.5 Å². The number of aryl methyl sites for hydroxylation is 2. The Labute approximate surface area is 110 Å². The highest BCUT2D eigenvalue weighted by molar-refractivity contribution is 5.22. The van der Waals surface area contributed by atoms with Crippen LogP contribution in [0.5, 0.6) is 0 Å². The smallest absolute Gasteiger partial charge is 0.0642 e. The maximum atomic E-state index is 6.44. The van der Waals surface area contributed by atoms with Gasteiger partial charge in [-0.05, 0) is 40.2 Å². The highest BCUT2D eigenvalue weighted by Crippen LogP contribution is 2.32. The average Bonchev–Trinajstić information content (AvgIpc) is 2.50. The molecule has 0 aliphatic carbocycles. The molecular weight excluding hydrogens is 224 g/mol. The minimum atomic E-state index is 0.220. The topological polar surface area (TPSA) is 47.1 Å². The van der Waals surface area contributed by atoms with Crippen LogP contribution in [-0.4, -0.2) is 33.3 Å². The van der Waals surface area contributed by atoms with E-state index >= 15 is 0 Å². The maximum absolute atomic E-state index is 6.44. The van der Waals surface area contributed by atoms with Gasteiger partial charge in [-0.3, -0.25) is 9.58 Å². The number of hydrogen-bond donors (Lipinski definition) is 1. The molecule has 102 valence electrons. The van der Waals surface area contributed by atoms with E-state index in [2.05, 4.69) is 37.0 Å². The lowest BCUT2D eigenvalue weighted by molar-refractivity contribution is 0.143. The van der Waals surface area contributed by atoms with Gasteiger partial charge in [-0.2, -0.15) is 5.10 Å². The van der Waals surface area contributed by atoms with Crippen molar-refractivity contribution < 1.29 is 0 Å². The summed E-state index contributed by atoms with van der Waals surface area (Å²) in [6.07, 6.45) is 5.74. The van der Waals surface area contributed by atoms with Crippen LogP contribution in [-0.2, 0) is 7.05 Å². The van der Waals surface area contributed by atoms with E-state index in [1.54, 1.807) is 0 Å². The molecule has 2 heterocycles. The Morgan fingerprint density at radius 2 is 2.11 bits per heavy atom. The molecule has 1 fully saturated rings. The van der Waals surface area contributed by atoms with Crippen LogP contribution in [0.25, 0.3) is 0 Å². The summed E-state index contributed by atoms with van der Waals surface area (Å²) in [7, 11) is 1.98. The zero-order chi connectivity index (χ0) is 13.3. The molecule has 2 unspecified atom stereocenters. The van der Waals surface area contributed by atoms with Crippen LogP contribution < -0.4 is 5.73 Å². The zero-order valence-corrected chi connectivity index (χ0v) is 12.1. The molecule has 2 N–H and O–H groups in total. The van der Waals surface area contributed by atoms with Gasteiger partial charge in [-0.15, -0.1) is 0 Å². The van der Waals surface area contributed by atoms with Crippen molar-refractivity contribution in [2.24, 2.45) is 12.8 Å². The van der Waals surface area contributed by atoms with Crippen LogP contribution >= 0.6 is 0 Å². The van der Waals surface area contributed by atoms with E-state index < -0.39 is 0 Å². The summed E-state index contributed by atoms with van der Waals surface area (Å²) >= 11 is 0. The molecule has 4 heteroatoms. The van der Waals surface area contributed by atoms with Crippen molar-refractivity contribution in [2.75, 3.05) is 6.54 Å². The number of nitrogens with two attached hydrogens (primary N) is 1. The van der Waals surface area contributed by atoms with Crippen LogP contribution in [0.2, 0.25) is 0 Å². The zero-order valence-electron chi connectivity index (χ0n) is 12.1. The van der Waals surface area contributed by atoms with E-state index in [-0.39, 0.29) is 6.04 Å². The second kappa shape index (κ2) is 5.41. The van der Waals surface area contributed by atoms with Gasteiger partial charge >= 0.3 is 0 Å². The van der Waals surface area contributed by atoms with Gasteiger partial charge < -0.3 is 5.73 Å². The molecule has 0 radical (unpaired) electrons. The molecule has 0 amide bonds. The predicted octanol–water partition coefficient (Wildman–Crippen LogP) is 1.99. The fourth-order valence-corrected chi connectivity index (χ4v) is 3.11. The molecule has 18 heavy (non-hydrogen) atoms. The van der Waals surface area contributed by atoms with Crippen LogP contribution in [0.4, 0.5) is 0 Å². The van der Waals surface area contributed by atoms with Gasteiger partial charge in [0.05, 0.1) is 11.7 Å². The number of nitrogens with zero attached hydrogens (tertiary/aromatic N) is 3. The quantitative estimate of drug-likeness (QED) is 0.873.